The summed E-state index contributed by atoms with van der Waals surface area (Å²) in [6, 6.07) is 2.37. The van der Waals surface area contributed by atoms with Crippen LogP contribution >= 0.6 is 0 Å². The lowest BCUT2D eigenvalue weighted by molar-refractivity contribution is -0.114. The van der Waals surface area contributed by atoms with E-state index in [-0.39, 0.29) is 47.4 Å². The molecule has 0 aliphatic carbocycles. The fourth-order valence-electron chi connectivity index (χ4n) is 3.02. The van der Waals surface area contributed by atoms with Gasteiger partial charge in [-0.15, -0.1) is 0 Å². The van der Waals surface area contributed by atoms with Gasteiger partial charge in [-0.1, -0.05) is 6.08 Å². The van der Waals surface area contributed by atoms with Crippen molar-refractivity contribution in [1.29, 1.82) is 0 Å². The molecule has 128 valence electrons. The van der Waals surface area contributed by atoms with E-state index >= 15 is 0 Å². The molecule has 3 rings (SSSR count). The van der Waals surface area contributed by atoms with Gasteiger partial charge in [-0.05, 0) is 37.5 Å². The molecule has 0 radical (unpaired) electrons. The monoisotopic (exact) mass is 332 g/mol. The van der Waals surface area contributed by atoms with Gasteiger partial charge in [0.15, 0.2) is 5.78 Å². The van der Waals surface area contributed by atoms with Gasteiger partial charge in [-0.25, -0.2) is 4.79 Å². The van der Waals surface area contributed by atoms with E-state index in [1.165, 1.54) is 12.1 Å². The van der Waals surface area contributed by atoms with Crippen LogP contribution in [0.1, 0.15) is 42.1 Å². The first kappa shape index (κ1) is 16.5. The highest BCUT2D eigenvalue weighted by atomic mass is 16.6. The first-order valence-electron chi connectivity index (χ1n) is 8.04. The minimum Gasteiger partial charge on any atom is -0.508 e. The van der Waals surface area contributed by atoms with Crippen molar-refractivity contribution in [2.45, 2.75) is 50.9 Å². The summed E-state index contributed by atoms with van der Waals surface area (Å²) in [6.07, 6.45) is 5.14. The highest BCUT2D eigenvalue weighted by Gasteiger charge is 2.39. The summed E-state index contributed by atoms with van der Waals surface area (Å²) in [5.41, 5.74) is 0.170. The normalized spacial score (nSPS) is 29.0. The number of cyclic esters (lactones) is 1. The lowest BCUT2D eigenvalue weighted by Crippen LogP contribution is -2.19. The van der Waals surface area contributed by atoms with Crippen molar-refractivity contribution >= 4 is 11.8 Å². The van der Waals surface area contributed by atoms with Gasteiger partial charge in [0.25, 0.3) is 0 Å². The Bertz CT molecular complexity index is 693. The second-order valence-corrected chi connectivity index (χ2v) is 6.29. The van der Waals surface area contributed by atoms with E-state index in [9.17, 15) is 19.8 Å². The molecule has 0 saturated carbocycles. The SMILES string of the molecule is C[C@@H]1C[C@@H]2O[C@H]2CC/C=C/C(=O)Cc2cc(O)cc(O)c2C(=O)O1. The molecule has 0 unspecified atom stereocenters. The van der Waals surface area contributed by atoms with Crippen molar-refractivity contribution in [2.24, 2.45) is 0 Å². The van der Waals surface area contributed by atoms with E-state index in [0.29, 0.717) is 6.42 Å². The summed E-state index contributed by atoms with van der Waals surface area (Å²) in [5.74, 6) is -1.53. The fraction of sp³-hybridized carbons (Fsp3) is 0.444. The molecule has 24 heavy (non-hydrogen) atoms. The van der Waals surface area contributed by atoms with E-state index in [2.05, 4.69) is 0 Å². The first-order valence-corrected chi connectivity index (χ1v) is 8.04. The molecule has 6 heteroatoms. The minimum atomic E-state index is -0.707. The lowest BCUT2D eigenvalue weighted by atomic mass is 9.99. The van der Waals surface area contributed by atoms with E-state index in [1.807, 2.05) is 0 Å². The standard InChI is InChI=1S/C18H20O6/c1-10-6-16-15(24-16)5-3-2-4-12(19)7-11-8-13(20)9-14(21)17(11)18(22)23-10/h2,4,8-10,15-16,20-21H,3,5-7H2,1H3/b4-2+/t10-,15+,16+/m1/s1. The van der Waals surface area contributed by atoms with Crippen molar-refractivity contribution < 1.29 is 29.3 Å². The highest BCUT2D eigenvalue weighted by Crippen LogP contribution is 2.33. The largest absolute Gasteiger partial charge is 0.508 e. The third-order valence-electron chi connectivity index (χ3n) is 4.23. The molecule has 1 aromatic rings. The fourth-order valence-corrected chi connectivity index (χ4v) is 3.02. The maximum absolute atomic E-state index is 12.4. The van der Waals surface area contributed by atoms with E-state index < -0.39 is 11.7 Å². The molecule has 6 nitrogen and oxygen atoms in total. The number of hydrogen-bond donors (Lipinski definition) is 2. The second-order valence-electron chi connectivity index (χ2n) is 6.29. The number of benzene rings is 1. The molecule has 3 atom stereocenters. The summed E-state index contributed by atoms with van der Waals surface area (Å²) in [5, 5.41) is 19.7. The van der Waals surface area contributed by atoms with Gasteiger partial charge in [-0.3, -0.25) is 4.79 Å². The van der Waals surface area contributed by atoms with Crippen molar-refractivity contribution in [3.63, 3.8) is 0 Å². The summed E-state index contributed by atoms with van der Waals surface area (Å²) in [6.45, 7) is 1.77. The van der Waals surface area contributed by atoms with Gasteiger partial charge in [0.2, 0.25) is 0 Å². The Hall–Kier alpha value is -2.34. The van der Waals surface area contributed by atoms with Gasteiger partial charge in [0, 0.05) is 18.9 Å². The Morgan fingerprint density at radius 2 is 1.96 bits per heavy atom. The topological polar surface area (TPSA) is 96.4 Å². The second kappa shape index (κ2) is 6.65. The molecule has 2 aliphatic heterocycles. The van der Waals surface area contributed by atoms with Gasteiger partial charge in [-0.2, -0.15) is 0 Å². The number of hydrogen-bond acceptors (Lipinski definition) is 6. The number of fused-ring (bicyclic) bond motifs is 2. The van der Waals surface area contributed by atoms with Gasteiger partial charge < -0.3 is 19.7 Å². The number of phenolic OH excluding ortho intramolecular Hbond substituents is 2. The maximum Gasteiger partial charge on any atom is 0.342 e. The lowest BCUT2D eigenvalue weighted by Gasteiger charge is -2.15. The van der Waals surface area contributed by atoms with Crippen LogP contribution in [0.15, 0.2) is 24.3 Å². The van der Waals surface area contributed by atoms with Crippen LogP contribution in [0.3, 0.4) is 0 Å². The number of ether oxygens (including phenoxy) is 2. The zero-order chi connectivity index (χ0) is 17.3. The average molecular weight is 332 g/mol. The highest BCUT2D eigenvalue weighted by molar-refractivity contribution is 5.98. The Labute approximate surface area is 139 Å². The number of esters is 1. The van der Waals surface area contributed by atoms with E-state index in [1.54, 1.807) is 13.0 Å². The first-order chi connectivity index (χ1) is 11.4. The van der Waals surface area contributed by atoms with Gasteiger partial charge in [0.1, 0.15) is 23.2 Å². The van der Waals surface area contributed by atoms with Crippen LogP contribution in [-0.2, 0) is 20.7 Å². The van der Waals surface area contributed by atoms with Gasteiger partial charge >= 0.3 is 5.97 Å². The third-order valence-corrected chi connectivity index (χ3v) is 4.23. The Kier molecular flexibility index (Phi) is 4.57. The Balaban J connectivity index is 1.92. The number of aromatic hydroxyl groups is 2. The molecule has 1 aromatic carbocycles. The number of carbonyl (C=O) groups is 2. The third kappa shape index (κ3) is 3.76. The maximum atomic E-state index is 12.4. The predicted octanol–water partition coefficient (Wildman–Crippen LogP) is 2.26. The molecular weight excluding hydrogens is 312 g/mol. The van der Waals surface area contributed by atoms with Crippen LogP contribution < -0.4 is 0 Å². The molecule has 0 bridgehead atoms. The Morgan fingerprint density at radius 1 is 1.17 bits per heavy atom. The number of ketones is 1. The number of allylic oxidation sites excluding steroid dienone is 2. The molecule has 2 N–H and O–H groups in total. The molecule has 2 heterocycles. The van der Waals surface area contributed by atoms with E-state index in [0.717, 1.165) is 18.9 Å². The smallest absolute Gasteiger partial charge is 0.342 e. The van der Waals surface area contributed by atoms with Crippen molar-refractivity contribution in [2.75, 3.05) is 0 Å². The summed E-state index contributed by atoms with van der Waals surface area (Å²) in [4.78, 5) is 24.5. The van der Waals surface area contributed by atoms with Crippen LogP contribution in [0.4, 0.5) is 0 Å². The number of rotatable bonds is 0. The molecule has 0 aromatic heterocycles. The summed E-state index contributed by atoms with van der Waals surface area (Å²) < 4.78 is 10.9. The summed E-state index contributed by atoms with van der Waals surface area (Å²) >= 11 is 0. The number of phenols is 2. The molecule has 0 spiro atoms. The number of carbonyl (C=O) groups excluding carboxylic acids is 2. The Morgan fingerprint density at radius 3 is 2.75 bits per heavy atom. The van der Waals surface area contributed by atoms with Crippen molar-refractivity contribution in [3.05, 3.63) is 35.4 Å². The zero-order valence-electron chi connectivity index (χ0n) is 13.4. The van der Waals surface area contributed by atoms with Crippen LogP contribution in [0.25, 0.3) is 0 Å². The predicted molar refractivity (Wildman–Crippen MR) is 85.0 cm³/mol. The minimum absolute atomic E-state index is 0.0627. The quantitative estimate of drug-likeness (QED) is 0.559. The van der Waals surface area contributed by atoms with E-state index in [4.69, 9.17) is 9.47 Å². The van der Waals surface area contributed by atoms with Gasteiger partial charge in [0.05, 0.1) is 12.2 Å². The van der Waals surface area contributed by atoms with Crippen LogP contribution in [-0.4, -0.2) is 40.3 Å². The average Bonchev–Trinajstić information content (AvgIpc) is 3.19. The molecule has 2 aliphatic rings. The summed E-state index contributed by atoms with van der Waals surface area (Å²) in [7, 11) is 0. The van der Waals surface area contributed by atoms with Crippen LogP contribution in [0.5, 0.6) is 11.5 Å². The van der Waals surface area contributed by atoms with Crippen molar-refractivity contribution in [3.8, 4) is 11.5 Å². The van der Waals surface area contributed by atoms with Crippen molar-refractivity contribution in [1.82, 2.24) is 0 Å². The van der Waals surface area contributed by atoms with Crippen LogP contribution in [0.2, 0.25) is 0 Å². The van der Waals surface area contributed by atoms with Crippen LogP contribution in [0, 0.1) is 0 Å². The molecule has 0 amide bonds. The zero-order valence-corrected chi connectivity index (χ0v) is 13.4. The molecule has 1 saturated heterocycles. The molecule has 1 fully saturated rings. The number of epoxide rings is 1. The molecular formula is C18H20O6.